The van der Waals surface area contributed by atoms with Crippen molar-refractivity contribution in [1.82, 2.24) is 9.29 Å². The fraction of sp³-hybridized carbons (Fsp3) is 0.474. The van der Waals surface area contributed by atoms with Gasteiger partial charge in [-0.05, 0) is 33.8 Å². The lowest BCUT2D eigenvalue weighted by molar-refractivity contribution is 0.364. The summed E-state index contributed by atoms with van der Waals surface area (Å²) in [5.41, 5.74) is 1.22. The van der Waals surface area contributed by atoms with Gasteiger partial charge < -0.3 is 9.15 Å². The summed E-state index contributed by atoms with van der Waals surface area (Å²) < 4.78 is 25.2. The lowest BCUT2D eigenvalue weighted by Crippen LogP contribution is -2.39. The van der Waals surface area contributed by atoms with Crippen molar-refractivity contribution < 1.29 is 13.4 Å². The van der Waals surface area contributed by atoms with Gasteiger partial charge in [-0.15, -0.1) is 0 Å². The topological polar surface area (TPSA) is 72.6 Å². The van der Waals surface area contributed by atoms with Crippen LogP contribution >= 0.6 is 0 Å². The number of nitrogens with zero attached hydrogens (tertiary/aromatic N) is 2. The molecule has 1 unspecified atom stereocenters. The Bertz CT molecular complexity index is 842. The molecular formula is C19H26N2O4S. The highest BCUT2D eigenvalue weighted by molar-refractivity contribution is 7.84. The fourth-order valence-corrected chi connectivity index (χ4v) is 3.94. The molecule has 0 saturated carbocycles. The first kappa shape index (κ1) is 20.3. The van der Waals surface area contributed by atoms with E-state index in [4.69, 9.17) is 9.15 Å². The van der Waals surface area contributed by atoms with E-state index in [1.165, 1.54) is 25.5 Å². The minimum Gasteiger partial charge on any atom is -0.494 e. The molecule has 0 radical (unpaired) electrons. The summed E-state index contributed by atoms with van der Waals surface area (Å²) in [6, 6.07) is 4.41. The van der Waals surface area contributed by atoms with E-state index >= 15 is 0 Å². The zero-order chi connectivity index (χ0) is 19.5. The Morgan fingerprint density at radius 2 is 2.04 bits per heavy atom. The fourth-order valence-electron chi connectivity index (χ4n) is 2.60. The van der Waals surface area contributed by atoms with Gasteiger partial charge in [0, 0.05) is 18.7 Å². The Balaban J connectivity index is 2.49. The Morgan fingerprint density at radius 1 is 1.35 bits per heavy atom. The second kappa shape index (κ2) is 8.14. The van der Waals surface area contributed by atoms with Crippen LogP contribution in [-0.2, 0) is 11.0 Å². The van der Waals surface area contributed by atoms with Gasteiger partial charge in [-0.2, -0.15) is 0 Å². The van der Waals surface area contributed by atoms with Gasteiger partial charge in [0.25, 0.3) is 0 Å². The molecule has 2 aromatic rings. The van der Waals surface area contributed by atoms with Crippen molar-refractivity contribution in [3.63, 3.8) is 0 Å². The number of methoxy groups -OCH3 is 1. The number of rotatable bonds is 6. The normalized spacial score (nSPS) is 14.3. The standard InChI is InChI=1S/C19H26N2O4S/c1-7-21(26(23)19(3,4)5)13(2)16-11-15(18(24-6)12-20-16)17-10-14(22)8-9-25-17/h8-13H,7H2,1-6H3/t13-,26?/m1/s1. The van der Waals surface area contributed by atoms with Crippen LogP contribution in [-0.4, -0.2) is 31.9 Å². The lowest BCUT2D eigenvalue weighted by atomic mass is 10.1. The SMILES string of the molecule is CCN([C@H](C)c1cc(-c2cc(=O)cco2)c(OC)cn1)S(=O)C(C)(C)C. The summed E-state index contributed by atoms with van der Waals surface area (Å²) in [7, 11) is 0.360. The molecule has 0 aliphatic carbocycles. The number of aromatic nitrogens is 1. The van der Waals surface area contributed by atoms with E-state index in [2.05, 4.69) is 4.98 Å². The molecule has 6 nitrogen and oxygen atoms in total. The first-order chi connectivity index (χ1) is 12.2. The summed E-state index contributed by atoms with van der Waals surface area (Å²) >= 11 is 0. The van der Waals surface area contributed by atoms with Crippen molar-refractivity contribution >= 4 is 11.0 Å². The first-order valence-electron chi connectivity index (χ1n) is 8.50. The molecule has 0 spiro atoms. The number of hydrogen-bond acceptors (Lipinski definition) is 5. The smallest absolute Gasteiger partial charge is 0.185 e. The summed E-state index contributed by atoms with van der Waals surface area (Å²) in [6.45, 7) is 10.4. The largest absolute Gasteiger partial charge is 0.494 e. The molecule has 142 valence electrons. The first-order valence-corrected chi connectivity index (χ1v) is 9.61. The quantitative estimate of drug-likeness (QED) is 0.768. The van der Waals surface area contributed by atoms with Crippen LogP contribution in [0.25, 0.3) is 11.3 Å². The maximum absolute atomic E-state index is 12.9. The van der Waals surface area contributed by atoms with E-state index in [1.807, 2.05) is 45.0 Å². The highest BCUT2D eigenvalue weighted by Crippen LogP contribution is 2.33. The van der Waals surface area contributed by atoms with Crippen molar-refractivity contribution in [3.8, 4) is 17.1 Å². The maximum atomic E-state index is 12.9. The molecule has 0 saturated heterocycles. The number of pyridine rings is 1. The molecule has 0 amide bonds. The van der Waals surface area contributed by atoms with E-state index in [-0.39, 0.29) is 16.2 Å². The van der Waals surface area contributed by atoms with E-state index < -0.39 is 11.0 Å². The molecule has 26 heavy (non-hydrogen) atoms. The van der Waals surface area contributed by atoms with Gasteiger partial charge in [0.05, 0.1) is 41.6 Å². The minimum absolute atomic E-state index is 0.149. The van der Waals surface area contributed by atoms with Crippen LogP contribution < -0.4 is 10.2 Å². The lowest BCUT2D eigenvalue weighted by Gasteiger charge is -2.32. The van der Waals surface area contributed by atoms with E-state index in [0.717, 1.165) is 5.69 Å². The van der Waals surface area contributed by atoms with Gasteiger partial charge >= 0.3 is 0 Å². The van der Waals surface area contributed by atoms with Gasteiger partial charge in [-0.1, -0.05) is 6.92 Å². The minimum atomic E-state index is -1.18. The van der Waals surface area contributed by atoms with Crippen LogP contribution in [0.15, 0.2) is 39.9 Å². The van der Waals surface area contributed by atoms with E-state index in [9.17, 15) is 9.00 Å². The van der Waals surface area contributed by atoms with Gasteiger partial charge in [0.1, 0.15) is 22.5 Å². The Morgan fingerprint density at radius 3 is 2.58 bits per heavy atom. The molecule has 7 heteroatoms. The van der Waals surface area contributed by atoms with Gasteiger partial charge in [-0.3, -0.25) is 9.78 Å². The summed E-state index contributed by atoms with van der Waals surface area (Å²) in [5, 5.41) is 0. The summed E-state index contributed by atoms with van der Waals surface area (Å²) in [4.78, 5) is 16.1. The third kappa shape index (κ3) is 4.40. The summed E-state index contributed by atoms with van der Waals surface area (Å²) in [6.07, 6.45) is 2.95. The molecule has 0 aliphatic rings. The number of hydrogen-bond donors (Lipinski definition) is 0. The maximum Gasteiger partial charge on any atom is 0.185 e. The average molecular weight is 378 g/mol. The second-order valence-electron chi connectivity index (χ2n) is 6.91. The third-order valence-corrected chi connectivity index (χ3v) is 6.03. The zero-order valence-electron chi connectivity index (χ0n) is 16.1. The van der Waals surface area contributed by atoms with Crippen LogP contribution in [0.1, 0.15) is 46.4 Å². The zero-order valence-corrected chi connectivity index (χ0v) is 16.9. The molecule has 0 N–H and O–H groups in total. The van der Waals surface area contributed by atoms with Gasteiger partial charge in [-0.25, -0.2) is 8.51 Å². The monoisotopic (exact) mass is 378 g/mol. The van der Waals surface area contributed by atoms with Crippen molar-refractivity contribution in [2.75, 3.05) is 13.7 Å². The van der Waals surface area contributed by atoms with Crippen LogP contribution in [0.2, 0.25) is 0 Å². The molecule has 2 rings (SSSR count). The number of ether oxygens (including phenoxy) is 1. The molecular weight excluding hydrogens is 352 g/mol. The average Bonchev–Trinajstić information content (AvgIpc) is 2.60. The van der Waals surface area contributed by atoms with E-state index in [0.29, 0.717) is 23.6 Å². The van der Waals surface area contributed by atoms with Crippen molar-refractivity contribution in [1.29, 1.82) is 0 Å². The molecule has 0 bridgehead atoms. The van der Waals surface area contributed by atoms with Crippen LogP contribution in [0, 0.1) is 0 Å². The molecule has 0 fully saturated rings. The van der Waals surface area contributed by atoms with Gasteiger partial charge in [0.15, 0.2) is 5.43 Å². The van der Waals surface area contributed by atoms with Crippen molar-refractivity contribution in [2.45, 2.75) is 45.4 Å². The van der Waals surface area contributed by atoms with Gasteiger partial charge in [0.2, 0.25) is 0 Å². The highest BCUT2D eigenvalue weighted by atomic mass is 32.2. The predicted molar refractivity (Wildman–Crippen MR) is 103 cm³/mol. The summed E-state index contributed by atoms with van der Waals surface area (Å²) in [5.74, 6) is 0.917. The Kier molecular flexibility index (Phi) is 6.36. The Labute approximate surface area is 156 Å². The second-order valence-corrected chi connectivity index (χ2v) is 9.10. The highest BCUT2D eigenvalue weighted by Gasteiger charge is 2.30. The molecule has 0 aliphatic heterocycles. The Hall–Kier alpha value is -1.99. The third-order valence-electron chi connectivity index (χ3n) is 3.98. The van der Waals surface area contributed by atoms with Crippen molar-refractivity contribution in [2.24, 2.45) is 0 Å². The van der Waals surface area contributed by atoms with Crippen LogP contribution in [0.3, 0.4) is 0 Å². The molecule has 0 aromatic carbocycles. The molecule has 2 heterocycles. The predicted octanol–water partition coefficient (Wildman–Crippen LogP) is 3.56. The molecule has 2 atom stereocenters. The molecule has 2 aromatic heterocycles. The van der Waals surface area contributed by atoms with Crippen LogP contribution in [0.4, 0.5) is 0 Å². The van der Waals surface area contributed by atoms with Crippen LogP contribution in [0.5, 0.6) is 5.75 Å². The van der Waals surface area contributed by atoms with E-state index in [1.54, 1.807) is 6.20 Å². The van der Waals surface area contributed by atoms with Crippen molar-refractivity contribution in [3.05, 3.63) is 46.6 Å².